The fourth-order valence-corrected chi connectivity index (χ4v) is 1.98. The number of thiocarbonyl (C=S) groups is 1. The average Bonchev–Trinajstić information content (AvgIpc) is 2.16. The van der Waals surface area contributed by atoms with Crippen LogP contribution in [0.5, 0.6) is 0 Å². The van der Waals surface area contributed by atoms with Gasteiger partial charge in [0.25, 0.3) is 5.91 Å². The molecule has 1 amide bonds. The molecule has 0 spiro atoms. The summed E-state index contributed by atoms with van der Waals surface area (Å²) in [6, 6.07) is 3.06. The molecule has 0 aliphatic heterocycles. The zero-order valence-electron chi connectivity index (χ0n) is 7.71. The van der Waals surface area contributed by atoms with E-state index >= 15 is 0 Å². The van der Waals surface area contributed by atoms with Crippen molar-refractivity contribution in [3.63, 3.8) is 0 Å². The standard InChI is InChI=1S/C10H4Cl3NOS/c11-6-3-8(12)7(9(13)4-6)1-2-10(15)14-5-16/h1-4H/b2-1+. The van der Waals surface area contributed by atoms with Gasteiger partial charge < -0.3 is 0 Å². The lowest BCUT2D eigenvalue weighted by Gasteiger charge is -2.01. The van der Waals surface area contributed by atoms with Crippen molar-refractivity contribution in [1.82, 2.24) is 0 Å². The molecule has 2 nitrogen and oxygen atoms in total. The Labute approximate surface area is 113 Å². The predicted molar refractivity (Wildman–Crippen MR) is 70.5 cm³/mol. The number of isothiocyanates is 1. The fourth-order valence-electron chi connectivity index (χ4n) is 0.949. The molecule has 0 heterocycles. The molecule has 1 aromatic carbocycles. The molecule has 82 valence electrons. The van der Waals surface area contributed by atoms with Gasteiger partial charge in [0.15, 0.2) is 0 Å². The number of nitrogens with zero attached hydrogens (tertiary/aromatic N) is 1. The van der Waals surface area contributed by atoms with E-state index in [0.717, 1.165) is 0 Å². The summed E-state index contributed by atoms with van der Waals surface area (Å²) in [5, 5.41) is 3.10. The Kier molecular flexibility index (Phi) is 5.13. The van der Waals surface area contributed by atoms with Gasteiger partial charge in [0.2, 0.25) is 0 Å². The van der Waals surface area contributed by atoms with Crippen molar-refractivity contribution in [3.05, 3.63) is 38.8 Å². The van der Waals surface area contributed by atoms with Crippen LogP contribution in [0.15, 0.2) is 23.2 Å². The Morgan fingerprint density at radius 2 is 1.88 bits per heavy atom. The van der Waals surface area contributed by atoms with Gasteiger partial charge >= 0.3 is 0 Å². The van der Waals surface area contributed by atoms with Gasteiger partial charge in [-0.3, -0.25) is 4.79 Å². The summed E-state index contributed by atoms with van der Waals surface area (Å²) in [5.74, 6) is -0.530. The van der Waals surface area contributed by atoms with Crippen LogP contribution < -0.4 is 0 Å². The normalized spacial score (nSPS) is 10.2. The first-order valence-electron chi connectivity index (χ1n) is 3.99. The van der Waals surface area contributed by atoms with Gasteiger partial charge in [-0.2, -0.15) is 4.99 Å². The van der Waals surface area contributed by atoms with E-state index in [9.17, 15) is 4.79 Å². The zero-order chi connectivity index (χ0) is 12.1. The second-order valence-corrected chi connectivity index (χ2v) is 4.09. The van der Waals surface area contributed by atoms with E-state index in [1.807, 2.05) is 5.16 Å². The topological polar surface area (TPSA) is 29.4 Å². The van der Waals surface area contributed by atoms with Crippen molar-refractivity contribution >= 4 is 64.2 Å². The summed E-state index contributed by atoms with van der Waals surface area (Å²) in [4.78, 5) is 14.3. The third kappa shape index (κ3) is 3.71. The summed E-state index contributed by atoms with van der Waals surface area (Å²) in [7, 11) is 0. The maximum atomic E-state index is 11.0. The minimum atomic E-state index is -0.530. The highest BCUT2D eigenvalue weighted by molar-refractivity contribution is 7.78. The van der Waals surface area contributed by atoms with Gasteiger partial charge in [-0.05, 0) is 30.4 Å². The van der Waals surface area contributed by atoms with E-state index in [1.54, 1.807) is 0 Å². The second-order valence-electron chi connectivity index (χ2n) is 2.66. The number of rotatable bonds is 2. The first kappa shape index (κ1) is 13.4. The zero-order valence-corrected chi connectivity index (χ0v) is 10.8. The Hall–Kier alpha value is -0.700. The molecule has 0 saturated carbocycles. The summed E-state index contributed by atoms with van der Waals surface area (Å²) < 4.78 is 0. The maximum absolute atomic E-state index is 11.0. The lowest BCUT2D eigenvalue weighted by atomic mass is 10.2. The summed E-state index contributed by atoms with van der Waals surface area (Å²) in [6.07, 6.45) is 2.64. The number of halogens is 3. The molecular formula is C10H4Cl3NOS. The summed E-state index contributed by atoms with van der Waals surface area (Å²) in [6.45, 7) is 0. The quantitative estimate of drug-likeness (QED) is 0.462. The molecule has 0 unspecified atom stereocenters. The minimum absolute atomic E-state index is 0.355. The summed E-state index contributed by atoms with van der Waals surface area (Å²) in [5.41, 5.74) is 0.501. The van der Waals surface area contributed by atoms with Crippen LogP contribution >= 0.6 is 47.0 Å². The molecule has 0 atom stereocenters. The van der Waals surface area contributed by atoms with E-state index in [-0.39, 0.29) is 0 Å². The first-order chi connectivity index (χ1) is 7.54. The highest BCUT2D eigenvalue weighted by atomic mass is 35.5. The van der Waals surface area contributed by atoms with Crippen LogP contribution in [0.2, 0.25) is 15.1 Å². The molecule has 0 aromatic heterocycles. The molecule has 0 aliphatic carbocycles. The van der Waals surface area contributed by atoms with E-state index < -0.39 is 5.91 Å². The lowest BCUT2D eigenvalue weighted by molar-refractivity contribution is -0.113. The average molecular weight is 293 g/mol. The molecule has 0 N–H and O–H groups in total. The molecule has 16 heavy (non-hydrogen) atoms. The second kappa shape index (κ2) is 6.14. The van der Waals surface area contributed by atoms with Crippen LogP contribution in [-0.4, -0.2) is 11.1 Å². The number of aliphatic imine (C=N–C) groups is 1. The van der Waals surface area contributed by atoms with Crippen LogP contribution in [0, 0.1) is 0 Å². The fraction of sp³-hybridized carbons (Fsp3) is 0. The van der Waals surface area contributed by atoms with Crippen molar-refractivity contribution in [2.75, 3.05) is 0 Å². The molecule has 0 aliphatic rings. The third-order valence-electron chi connectivity index (χ3n) is 1.59. The molecule has 1 rings (SSSR count). The third-order valence-corrected chi connectivity index (χ3v) is 2.53. The van der Waals surface area contributed by atoms with Gasteiger partial charge in [-0.25, -0.2) is 0 Å². The van der Waals surface area contributed by atoms with Gasteiger partial charge in [-0.1, -0.05) is 34.8 Å². The number of benzene rings is 1. The van der Waals surface area contributed by atoms with Crippen molar-refractivity contribution < 1.29 is 4.79 Å². The molecule has 0 saturated heterocycles. The van der Waals surface area contributed by atoms with Crippen molar-refractivity contribution in [1.29, 1.82) is 0 Å². The van der Waals surface area contributed by atoms with Gasteiger partial charge in [0, 0.05) is 16.7 Å². The van der Waals surface area contributed by atoms with E-state index in [1.165, 1.54) is 24.3 Å². The number of hydrogen-bond acceptors (Lipinski definition) is 2. The Bertz CT molecular complexity index is 484. The van der Waals surface area contributed by atoms with Crippen LogP contribution in [-0.2, 0) is 4.79 Å². The Balaban J connectivity index is 3.06. The van der Waals surface area contributed by atoms with E-state index in [0.29, 0.717) is 20.6 Å². The number of hydrogen-bond donors (Lipinski definition) is 0. The summed E-state index contributed by atoms with van der Waals surface area (Å²) >= 11 is 21.8. The van der Waals surface area contributed by atoms with E-state index in [2.05, 4.69) is 17.2 Å². The minimum Gasteiger partial charge on any atom is -0.267 e. The molecule has 0 radical (unpaired) electrons. The van der Waals surface area contributed by atoms with Gasteiger partial charge in [0.1, 0.15) is 0 Å². The Morgan fingerprint density at radius 1 is 1.31 bits per heavy atom. The van der Waals surface area contributed by atoms with Crippen LogP contribution in [0.3, 0.4) is 0 Å². The van der Waals surface area contributed by atoms with Gasteiger partial charge in [0.05, 0.1) is 15.2 Å². The molecule has 0 fully saturated rings. The number of carbonyl (C=O) groups is 1. The van der Waals surface area contributed by atoms with Crippen molar-refractivity contribution in [2.45, 2.75) is 0 Å². The lowest BCUT2D eigenvalue weighted by Crippen LogP contribution is -1.85. The highest BCUT2D eigenvalue weighted by Gasteiger charge is 2.05. The molecule has 6 heteroatoms. The monoisotopic (exact) mass is 291 g/mol. The highest BCUT2D eigenvalue weighted by Crippen LogP contribution is 2.29. The van der Waals surface area contributed by atoms with Crippen molar-refractivity contribution in [2.24, 2.45) is 4.99 Å². The largest absolute Gasteiger partial charge is 0.278 e. The smallest absolute Gasteiger partial charge is 0.267 e. The van der Waals surface area contributed by atoms with Crippen LogP contribution in [0.25, 0.3) is 6.08 Å². The predicted octanol–water partition coefficient (Wildman–Crippen LogP) is 4.29. The van der Waals surface area contributed by atoms with Crippen molar-refractivity contribution in [3.8, 4) is 0 Å². The van der Waals surface area contributed by atoms with Crippen LogP contribution in [0.1, 0.15) is 5.56 Å². The van der Waals surface area contributed by atoms with Gasteiger partial charge in [-0.15, -0.1) is 0 Å². The SMILES string of the molecule is O=C(/C=C/c1c(Cl)cc(Cl)cc1Cl)N=C=S. The maximum Gasteiger partial charge on any atom is 0.278 e. The number of carbonyl (C=O) groups excluding carboxylic acids is 1. The first-order valence-corrected chi connectivity index (χ1v) is 5.53. The Morgan fingerprint density at radius 3 is 2.38 bits per heavy atom. The molecule has 1 aromatic rings. The van der Waals surface area contributed by atoms with Crippen LogP contribution in [0.4, 0.5) is 0 Å². The number of amides is 1. The molecular weight excluding hydrogens is 289 g/mol. The van der Waals surface area contributed by atoms with E-state index in [4.69, 9.17) is 34.8 Å². The molecule has 0 bridgehead atoms.